The second kappa shape index (κ2) is 9.45. The molecule has 0 spiro atoms. The maximum Gasteiger partial charge on any atom is 0.410 e. The number of ether oxygens (including phenoxy) is 1. The molecule has 2 atom stereocenters. The van der Waals surface area contributed by atoms with Gasteiger partial charge >= 0.3 is 6.09 Å². The first-order chi connectivity index (χ1) is 13.7. The van der Waals surface area contributed by atoms with Gasteiger partial charge in [-0.2, -0.15) is 0 Å². The van der Waals surface area contributed by atoms with Gasteiger partial charge in [-0.05, 0) is 45.7 Å². The van der Waals surface area contributed by atoms with Gasteiger partial charge in [0.15, 0.2) is 0 Å². The van der Waals surface area contributed by atoms with Crippen LogP contribution >= 0.6 is 0 Å². The zero-order valence-electron chi connectivity index (χ0n) is 18.8. The number of carbonyl (C=O) groups is 1. The molecule has 2 saturated heterocycles. The minimum atomic E-state index is -0.436. The van der Waals surface area contributed by atoms with Crippen LogP contribution in [-0.2, 0) is 17.8 Å². The summed E-state index contributed by atoms with van der Waals surface area (Å²) in [4.78, 5) is 19.1. The van der Waals surface area contributed by atoms with Crippen molar-refractivity contribution in [3.63, 3.8) is 0 Å². The van der Waals surface area contributed by atoms with Crippen molar-refractivity contribution in [1.82, 2.24) is 20.0 Å². The molecule has 29 heavy (non-hydrogen) atoms. The summed E-state index contributed by atoms with van der Waals surface area (Å²) in [5, 5.41) is 3.50. The molecule has 0 aliphatic carbocycles. The molecule has 0 radical (unpaired) electrons. The molecule has 1 amide bonds. The molecule has 6 heteroatoms. The van der Waals surface area contributed by atoms with E-state index in [1.807, 2.05) is 25.7 Å². The summed E-state index contributed by atoms with van der Waals surface area (Å²) < 4.78 is 5.50. The van der Waals surface area contributed by atoms with Crippen LogP contribution in [0.15, 0.2) is 24.3 Å². The third-order valence-electron chi connectivity index (χ3n) is 5.80. The summed E-state index contributed by atoms with van der Waals surface area (Å²) in [7, 11) is 0. The van der Waals surface area contributed by atoms with E-state index in [1.54, 1.807) is 0 Å². The Balaban J connectivity index is 1.51. The van der Waals surface area contributed by atoms with E-state index in [0.717, 1.165) is 52.4 Å². The summed E-state index contributed by atoms with van der Waals surface area (Å²) in [6.07, 6.45) is -0.196. The fourth-order valence-electron chi connectivity index (χ4n) is 4.19. The van der Waals surface area contributed by atoms with Crippen molar-refractivity contribution in [3.05, 3.63) is 35.4 Å². The van der Waals surface area contributed by atoms with Crippen LogP contribution in [0, 0.1) is 0 Å². The highest BCUT2D eigenvalue weighted by molar-refractivity contribution is 5.68. The summed E-state index contributed by atoms with van der Waals surface area (Å²) >= 11 is 0. The summed E-state index contributed by atoms with van der Waals surface area (Å²) in [5.74, 6) is 0. The maximum absolute atomic E-state index is 12.2. The number of hydrogen-bond acceptors (Lipinski definition) is 5. The number of amides is 1. The van der Waals surface area contributed by atoms with Crippen LogP contribution in [0.5, 0.6) is 0 Å². The Morgan fingerprint density at radius 2 is 1.62 bits per heavy atom. The largest absolute Gasteiger partial charge is 0.444 e. The molecule has 2 aliphatic rings. The van der Waals surface area contributed by atoms with Crippen LogP contribution in [0.4, 0.5) is 4.79 Å². The molecule has 1 N–H and O–H groups in total. The van der Waals surface area contributed by atoms with Crippen LogP contribution < -0.4 is 5.32 Å². The molecule has 1 aromatic rings. The Labute approximate surface area is 176 Å². The van der Waals surface area contributed by atoms with E-state index in [9.17, 15) is 4.79 Å². The lowest BCUT2D eigenvalue weighted by Crippen LogP contribution is -2.54. The highest BCUT2D eigenvalue weighted by Gasteiger charge is 2.26. The zero-order chi connectivity index (χ0) is 21.0. The van der Waals surface area contributed by atoms with Crippen molar-refractivity contribution >= 4 is 6.09 Å². The molecule has 3 rings (SSSR count). The van der Waals surface area contributed by atoms with Crippen molar-refractivity contribution in [1.29, 1.82) is 0 Å². The molecule has 0 aromatic heterocycles. The van der Waals surface area contributed by atoms with Crippen molar-refractivity contribution in [2.45, 2.75) is 65.4 Å². The highest BCUT2D eigenvalue weighted by Crippen LogP contribution is 2.18. The molecule has 0 saturated carbocycles. The Morgan fingerprint density at radius 1 is 1.03 bits per heavy atom. The van der Waals surface area contributed by atoms with Crippen molar-refractivity contribution in [3.8, 4) is 0 Å². The van der Waals surface area contributed by atoms with Crippen LogP contribution in [0.3, 0.4) is 0 Å². The van der Waals surface area contributed by atoms with Crippen molar-refractivity contribution in [2.24, 2.45) is 0 Å². The minimum absolute atomic E-state index is 0.196. The fraction of sp³-hybridized carbons (Fsp3) is 0.696. The molecule has 2 heterocycles. The third-order valence-corrected chi connectivity index (χ3v) is 5.80. The van der Waals surface area contributed by atoms with Gasteiger partial charge in [-0.15, -0.1) is 0 Å². The molecule has 0 bridgehead atoms. The number of nitrogens with one attached hydrogen (secondary N) is 1. The number of piperazine rings is 2. The van der Waals surface area contributed by atoms with Gasteiger partial charge in [-0.3, -0.25) is 9.80 Å². The molecule has 2 aliphatic heterocycles. The Morgan fingerprint density at radius 3 is 2.21 bits per heavy atom. The van der Waals surface area contributed by atoms with Crippen LogP contribution in [0.2, 0.25) is 0 Å². The second-order valence-electron chi connectivity index (χ2n) is 9.59. The molecule has 1 aromatic carbocycles. The molecule has 2 fully saturated rings. The first kappa shape index (κ1) is 22.1. The lowest BCUT2D eigenvalue weighted by molar-refractivity contribution is 0.0139. The quantitative estimate of drug-likeness (QED) is 0.839. The van der Waals surface area contributed by atoms with E-state index < -0.39 is 5.60 Å². The monoisotopic (exact) mass is 402 g/mol. The highest BCUT2D eigenvalue weighted by atomic mass is 16.6. The molecule has 0 unspecified atom stereocenters. The van der Waals surface area contributed by atoms with Gasteiger partial charge in [0.2, 0.25) is 0 Å². The van der Waals surface area contributed by atoms with Gasteiger partial charge < -0.3 is 15.0 Å². The predicted molar refractivity (Wildman–Crippen MR) is 117 cm³/mol. The van der Waals surface area contributed by atoms with Gasteiger partial charge in [-0.1, -0.05) is 24.3 Å². The summed E-state index contributed by atoms with van der Waals surface area (Å²) in [5.41, 5.74) is 2.30. The molecular weight excluding hydrogens is 364 g/mol. The van der Waals surface area contributed by atoms with Gasteiger partial charge in [-0.25, -0.2) is 4.79 Å². The maximum atomic E-state index is 12.2. The topological polar surface area (TPSA) is 48.0 Å². The molecule has 162 valence electrons. The van der Waals surface area contributed by atoms with Crippen molar-refractivity contribution < 1.29 is 9.53 Å². The SMILES string of the molecule is C[C@@H]1CNC[C@H](C)N1Cc1cccc(CN2CCN(C(=O)OC(C)(C)C)CC2)c1. The van der Waals surface area contributed by atoms with E-state index in [1.165, 1.54) is 11.1 Å². The first-order valence-corrected chi connectivity index (χ1v) is 11.0. The second-order valence-corrected chi connectivity index (χ2v) is 9.59. The predicted octanol–water partition coefficient (Wildman–Crippen LogP) is 2.92. The van der Waals surface area contributed by atoms with Crippen LogP contribution in [0.25, 0.3) is 0 Å². The first-order valence-electron chi connectivity index (χ1n) is 11.0. The number of rotatable bonds is 4. The smallest absolute Gasteiger partial charge is 0.410 e. The zero-order valence-corrected chi connectivity index (χ0v) is 18.8. The minimum Gasteiger partial charge on any atom is -0.444 e. The van der Waals surface area contributed by atoms with Crippen molar-refractivity contribution in [2.75, 3.05) is 39.3 Å². The fourth-order valence-corrected chi connectivity index (χ4v) is 4.19. The Bertz CT molecular complexity index is 670. The average molecular weight is 403 g/mol. The van der Waals surface area contributed by atoms with Crippen LogP contribution in [0.1, 0.15) is 45.7 Å². The number of benzene rings is 1. The van der Waals surface area contributed by atoms with E-state index >= 15 is 0 Å². The van der Waals surface area contributed by atoms with Gasteiger partial charge in [0.1, 0.15) is 5.60 Å². The van der Waals surface area contributed by atoms with E-state index in [4.69, 9.17) is 4.74 Å². The number of carbonyl (C=O) groups excluding carboxylic acids is 1. The Kier molecular flexibility index (Phi) is 7.19. The normalized spacial score (nSPS) is 24.5. The molecule has 6 nitrogen and oxygen atoms in total. The summed E-state index contributed by atoms with van der Waals surface area (Å²) in [6, 6.07) is 10.1. The average Bonchev–Trinajstić information content (AvgIpc) is 2.64. The lowest BCUT2D eigenvalue weighted by Gasteiger charge is -2.39. The van der Waals surface area contributed by atoms with Gasteiger partial charge in [0.25, 0.3) is 0 Å². The van der Waals surface area contributed by atoms with E-state index in [0.29, 0.717) is 12.1 Å². The van der Waals surface area contributed by atoms with E-state index in [2.05, 4.69) is 53.2 Å². The van der Waals surface area contributed by atoms with Gasteiger partial charge in [0.05, 0.1) is 0 Å². The Hall–Kier alpha value is -1.63. The molecular formula is C23H38N4O2. The summed E-state index contributed by atoms with van der Waals surface area (Å²) in [6.45, 7) is 17.6. The van der Waals surface area contributed by atoms with Crippen LogP contribution in [-0.4, -0.2) is 77.7 Å². The lowest BCUT2D eigenvalue weighted by atomic mass is 10.1. The standard InChI is InChI=1S/C23H38N4O2/c1-18-14-24-15-19(2)27(18)17-21-8-6-7-20(13-21)16-25-9-11-26(12-10-25)22(28)29-23(3,4)5/h6-8,13,18-19,24H,9-12,14-17H2,1-5H3/t18-,19+. The van der Waals surface area contributed by atoms with E-state index in [-0.39, 0.29) is 6.09 Å². The van der Waals surface area contributed by atoms with Gasteiger partial charge in [0, 0.05) is 64.4 Å². The third kappa shape index (κ3) is 6.43. The number of nitrogens with zero attached hydrogens (tertiary/aromatic N) is 3. The number of hydrogen-bond donors (Lipinski definition) is 1.